The minimum atomic E-state index is 0. The molecule has 0 fully saturated rings. The summed E-state index contributed by atoms with van der Waals surface area (Å²) in [6, 6.07) is 16.7. The zero-order chi connectivity index (χ0) is 19.0. The fourth-order valence-electron chi connectivity index (χ4n) is 3.95. The highest BCUT2D eigenvalue weighted by molar-refractivity contribution is 6.42. The number of anilines is 1. The Morgan fingerprint density at radius 1 is 0.964 bits per heavy atom. The third kappa shape index (κ3) is 3.99. The number of hydrogen-bond acceptors (Lipinski definition) is 3. The van der Waals surface area contributed by atoms with Crippen molar-refractivity contribution in [1.29, 1.82) is 0 Å². The number of nitrogen functional groups attached to an aromatic ring is 1. The molecule has 2 atom stereocenters. The molecule has 6 heteroatoms. The van der Waals surface area contributed by atoms with Crippen molar-refractivity contribution in [3.8, 4) is 11.3 Å². The first kappa shape index (κ1) is 20.9. The lowest BCUT2D eigenvalue weighted by molar-refractivity contribution is 0.471. The van der Waals surface area contributed by atoms with Crippen molar-refractivity contribution < 1.29 is 0 Å². The summed E-state index contributed by atoms with van der Waals surface area (Å²) in [5.74, 6) is 0.313. The summed E-state index contributed by atoms with van der Waals surface area (Å²) in [7, 11) is 2.02. The number of nitrogens with one attached hydrogen (secondary N) is 1. The summed E-state index contributed by atoms with van der Waals surface area (Å²) < 4.78 is 0. The molecule has 0 saturated heterocycles. The first-order valence-electron chi connectivity index (χ1n) is 9.05. The molecule has 2 aromatic carbocycles. The molecule has 1 unspecified atom stereocenters. The number of hydrogen-bond donors (Lipinski definition) is 2. The molecule has 1 aliphatic carbocycles. The Kier molecular flexibility index (Phi) is 6.51. The SMILES string of the molecule is CN[C@H]1CCC(c2ccc(Cl)c(Cl)c2)c2ccc(-c3ccc(N)cn3)cc21.Cl. The second kappa shape index (κ2) is 8.71. The van der Waals surface area contributed by atoms with Crippen LogP contribution in [0.2, 0.25) is 10.0 Å². The molecule has 1 aliphatic rings. The molecule has 0 aliphatic heterocycles. The quantitative estimate of drug-likeness (QED) is 0.512. The van der Waals surface area contributed by atoms with E-state index in [2.05, 4.69) is 34.6 Å². The monoisotopic (exact) mass is 433 g/mol. The van der Waals surface area contributed by atoms with Gasteiger partial charge in [0.15, 0.2) is 0 Å². The third-order valence-electron chi connectivity index (χ3n) is 5.36. The van der Waals surface area contributed by atoms with Crippen molar-refractivity contribution in [1.82, 2.24) is 10.3 Å². The van der Waals surface area contributed by atoms with Gasteiger partial charge in [0, 0.05) is 17.5 Å². The van der Waals surface area contributed by atoms with Crippen LogP contribution in [-0.2, 0) is 0 Å². The van der Waals surface area contributed by atoms with Crippen LogP contribution >= 0.6 is 35.6 Å². The highest BCUT2D eigenvalue weighted by Gasteiger charge is 2.28. The van der Waals surface area contributed by atoms with Gasteiger partial charge in [-0.15, -0.1) is 12.4 Å². The maximum absolute atomic E-state index is 6.27. The molecule has 146 valence electrons. The minimum Gasteiger partial charge on any atom is -0.397 e. The second-order valence-electron chi connectivity index (χ2n) is 6.97. The smallest absolute Gasteiger partial charge is 0.0703 e. The average Bonchev–Trinajstić information content (AvgIpc) is 2.69. The lowest BCUT2D eigenvalue weighted by Crippen LogP contribution is -2.24. The highest BCUT2D eigenvalue weighted by atomic mass is 35.5. The third-order valence-corrected chi connectivity index (χ3v) is 6.10. The lowest BCUT2D eigenvalue weighted by Gasteiger charge is -2.32. The number of halogens is 3. The number of aromatic nitrogens is 1. The van der Waals surface area contributed by atoms with Crippen LogP contribution < -0.4 is 11.1 Å². The topological polar surface area (TPSA) is 50.9 Å². The van der Waals surface area contributed by atoms with Gasteiger partial charge >= 0.3 is 0 Å². The van der Waals surface area contributed by atoms with Gasteiger partial charge in [0.05, 0.1) is 27.6 Å². The number of pyridine rings is 1. The van der Waals surface area contributed by atoms with Crippen molar-refractivity contribution in [2.24, 2.45) is 0 Å². The van der Waals surface area contributed by atoms with Crippen molar-refractivity contribution in [3.63, 3.8) is 0 Å². The van der Waals surface area contributed by atoms with E-state index in [0.29, 0.717) is 27.7 Å². The fraction of sp³-hybridized carbons (Fsp3) is 0.227. The van der Waals surface area contributed by atoms with Crippen LogP contribution in [0.1, 0.15) is 41.5 Å². The molecule has 0 spiro atoms. The van der Waals surface area contributed by atoms with Gasteiger partial charge in [0.1, 0.15) is 0 Å². The van der Waals surface area contributed by atoms with Gasteiger partial charge < -0.3 is 11.1 Å². The van der Waals surface area contributed by atoms with Gasteiger partial charge in [-0.25, -0.2) is 0 Å². The van der Waals surface area contributed by atoms with Crippen LogP contribution in [0, 0.1) is 0 Å². The number of fused-ring (bicyclic) bond motifs is 1. The van der Waals surface area contributed by atoms with E-state index in [1.165, 1.54) is 16.7 Å². The zero-order valence-electron chi connectivity index (χ0n) is 15.5. The van der Waals surface area contributed by atoms with Gasteiger partial charge in [0.2, 0.25) is 0 Å². The van der Waals surface area contributed by atoms with E-state index in [1.54, 1.807) is 6.20 Å². The van der Waals surface area contributed by atoms with Crippen LogP contribution in [0.3, 0.4) is 0 Å². The Hall–Kier alpha value is -1.78. The number of benzene rings is 2. The van der Waals surface area contributed by atoms with Gasteiger partial charge in [-0.1, -0.05) is 41.4 Å². The molecule has 4 rings (SSSR count). The molecule has 0 radical (unpaired) electrons. The van der Waals surface area contributed by atoms with Crippen molar-refractivity contribution in [3.05, 3.63) is 81.5 Å². The van der Waals surface area contributed by atoms with Gasteiger partial charge in [-0.3, -0.25) is 4.98 Å². The van der Waals surface area contributed by atoms with Crippen LogP contribution in [0.15, 0.2) is 54.7 Å². The first-order valence-corrected chi connectivity index (χ1v) is 9.80. The number of nitrogens with zero attached hydrogens (tertiary/aromatic N) is 1. The Morgan fingerprint density at radius 2 is 1.79 bits per heavy atom. The summed E-state index contributed by atoms with van der Waals surface area (Å²) in [6.07, 6.45) is 3.83. The van der Waals surface area contributed by atoms with E-state index in [9.17, 15) is 0 Å². The number of rotatable bonds is 3. The van der Waals surface area contributed by atoms with Crippen LogP contribution in [-0.4, -0.2) is 12.0 Å². The summed E-state index contributed by atoms with van der Waals surface area (Å²) in [5.41, 5.74) is 12.3. The zero-order valence-corrected chi connectivity index (χ0v) is 17.8. The van der Waals surface area contributed by atoms with Crippen LogP contribution in [0.25, 0.3) is 11.3 Å². The second-order valence-corrected chi connectivity index (χ2v) is 7.78. The van der Waals surface area contributed by atoms with Gasteiger partial charge in [-0.05, 0) is 66.9 Å². The summed E-state index contributed by atoms with van der Waals surface area (Å²) in [5, 5.41) is 4.65. The van der Waals surface area contributed by atoms with Crippen molar-refractivity contribution in [2.45, 2.75) is 24.8 Å². The summed E-state index contributed by atoms with van der Waals surface area (Å²) in [6.45, 7) is 0. The van der Waals surface area contributed by atoms with E-state index in [0.717, 1.165) is 24.1 Å². The molecular weight excluding hydrogens is 413 g/mol. The predicted octanol–water partition coefficient (Wildman–Crippen LogP) is 6.25. The van der Waals surface area contributed by atoms with E-state index in [4.69, 9.17) is 28.9 Å². The predicted molar refractivity (Wildman–Crippen MR) is 121 cm³/mol. The van der Waals surface area contributed by atoms with Crippen LogP contribution in [0.4, 0.5) is 5.69 Å². The Balaban J connectivity index is 0.00000225. The van der Waals surface area contributed by atoms with Gasteiger partial charge in [-0.2, -0.15) is 0 Å². The molecule has 0 bridgehead atoms. The summed E-state index contributed by atoms with van der Waals surface area (Å²) >= 11 is 12.4. The largest absolute Gasteiger partial charge is 0.397 e. The molecule has 3 aromatic rings. The molecule has 3 N–H and O–H groups in total. The molecule has 0 saturated carbocycles. The van der Waals surface area contributed by atoms with Gasteiger partial charge in [0.25, 0.3) is 0 Å². The Bertz CT molecular complexity index is 973. The molecule has 0 amide bonds. The normalized spacial score (nSPS) is 18.2. The molecule has 28 heavy (non-hydrogen) atoms. The van der Waals surface area contributed by atoms with E-state index in [1.807, 2.05) is 31.3 Å². The Labute approximate surface area is 181 Å². The maximum atomic E-state index is 6.27. The van der Waals surface area contributed by atoms with Crippen molar-refractivity contribution in [2.75, 3.05) is 12.8 Å². The summed E-state index contributed by atoms with van der Waals surface area (Å²) in [4.78, 5) is 4.47. The van der Waals surface area contributed by atoms with Crippen molar-refractivity contribution >= 4 is 41.3 Å². The fourth-order valence-corrected chi connectivity index (χ4v) is 4.26. The van der Waals surface area contributed by atoms with Crippen LogP contribution in [0.5, 0.6) is 0 Å². The molecular formula is C22H22Cl3N3. The Morgan fingerprint density at radius 3 is 2.46 bits per heavy atom. The molecule has 1 aromatic heterocycles. The highest BCUT2D eigenvalue weighted by Crippen LogP contribution is 2.43. The lowest BCUT2D eigenvalue weighted by atomic mass is 9.76. The number of nitrogens with two attached hydrogens (primary N) is 1. The molecule has 3 nitrogen and oxygen atoms in total. The van der Waals surface area contributed by atoms with E-state index >= 15 is 0 Å². The standard InChI is InChI=1S/C22H21Cl2N3.ClH/c1-26-22-9-6-16(13-3-7-19(23)20(24)11-13)17-5-2-14(10-18(17)22)21-8-4-15(25)12-27-21;/h2-5,7-8,10-12,16,22,26H,6,9,25H2,1H3;1H/t16?,22-;/m0./s1. The average molecular weight is 435 g/mol. The maximum Gasteiger partial charge on any atom is 0.0703 e. The first-order chi connectivity index (χ1) is 13.1. The minimum absolute atomic E-state index is 0. The van der Waals surface area contributed by atoms with E-state index in [-0.39, 0.29) is 12.4 Å². The van der Waals surface area contributed by atoms with E-state index < -0.39 is 0 Å². The molecule has 1 heterocycles.